The van der Waals surface area contributed by atoms with Gasteiger partial charge in [-0.15, -0.1) is 13.2 Å². The van der Waals surface area contributed by atoms with Crippen molar-refractivity contribution in [3.63, 3.8) is 0 Å². The summed E-state index contributed by atoms with van der Waals surface area (Å²) in [6.07, 6.45) is 2.71. The smallest absolute Gasteiger partial charge is 0.484 e. The summed E-state index contributed by atoms with van der Waals surface area (Å²) >= 11 is 0. The molecule has 0 saturated carbocycles. The molecular formula is C25H33F3N4O5. The minimum Gasteiger partial charge on any atom is -0.484 e. The van der Waals surface area contributed by atoms with Crippen molar-refractivity contribution in [2.24, 2.45) is 0 Å². The number of ether oxygens (including phenoxy) is 2. The summed E-state index contributed by atoms with van der Waals surface area (Å²) in [6.45, 7) is 5.78. The van der Waals surface area contributed by atoms with Crippen LogP contribution in [-0.2, 0) is 11.3 Å². The first-order valence-corrected chi connectivity index (χ1v) is 12.4. The van der Waals surface area contributed by atoms with Gasteiger partial charge < -0.3 is 24.1 Å². The molecule has 1 aliphatic rings. The lowest BCUT2D eigenvalue weighted by Gasteiger charge is -2.34. The summed E-state index contributed by atoms with van der Waals surface area (Å²) in [5.74, 6) is -0.711. The standard InChI is InChI=1S/C25H33F3N4O5/c1-2-3-4-5-6-11-31-12-14-32(15-13-31)24(34)21-17-36-23(30-21)16-29-22(33)18-35-19-7-9-20(10-8-19)37-25(26,27)28/h7-10,17H,2-6,11-16,18H2,1H3,(H,29,33). The Morgan fingerprint density at radius 1 is 1.03 bits per heavy atom. The lowest BCUT2D eigenvalue weighted by atomic mass is 10.1. The van der Waals surface area contributed by atoms with Gasteiger partial charge in [-0.25, -0.2) is 4.98 Å². The Bertz CT molecular complexity index is 989. The molecule has 2 aromatic rings. The molecule has 1 aromatic heterocycles. The number of halogens is 3. The first-order valence-electron chi connectivity index (χ1n) is 12.4. The average molecular weight is 527 g/mol. The third-order valence-corrected chi connectivity index (χ3v) is 5.87. The molecule has 12 heteroatoms. The lowest BCUT2D eigenvalue weighted by Crippen LogP contribution is -2.48. The molecule has 37 heavy (non-hydrogen) atoms. The highest BCUT2D eigenvalue weighted by atomic mass is 19.4. The number of piperazine rings is 1. The van der Waals surface area contributed by atoms with Crippen molar-refractivity contribution in [1.82, 2.24) is 20.1 Å². The number of oxazole rings is 1. The molecule has 1 fully saturated rings. The Balaban J connectivity index is 1.34. The zero-order chi connectivity index (χ0) is 26.7. The van der Waals surface area contributed by atoms with Gasteiger partial charge in [-0.2, -0.15) is 0 Å². The predicted octanol–water partition coefficient (Wildman–Crippen LogP) is 4.00. The van der Waals surface area contributed by atoms with Gasteiger partial charge in [0.15, 0.2) is 12.3 Å². The average Bonchev–Trinajstić information content (AvgIpc) is 3.35. The van der Waals surface area contributed by atoms with E-state index in [-0.39, 0.29) is 36.4 Å². The molecule has 1 saturated heterocycles. The molecule has 1 aromatic carbocycles. The summed E-state index contributed by atoms with van der Waals surface area (Å²) in [7, 11) is 0. The van der Waals surface area contributed by atoms with E-state index in [1.165, 1.54) is 50.5 Å². The van der Waals surface area contributed by atoms with E-state index in [2.05, 4.69) is 26.9 Å². The van der Waals surface area contributed by atoms with Crippen LogP contribution in [0, 0.1) is 0 Å². The number of alkyl halides is 3. The maximum Gasteiger partial charge on any atom is 0.573 e. The number of nitrogens with one attached hydrogen (secondary N) is 1. The second kappa shape index (κ2) is 13.9. The second-order valence-electron chi connectivity index (χ2n) is 8.76. The maximum atomic E-state index is 12.8. The number of rotatable bonds is 13. The van der Waals surface area contributed by atoms with Crippen LogP contribution in [-0.4, -0.2) is 72.3 Å². The number of carbonyl (C=O) groups is 2. The number of carbonyl (C=O) groups excluding carboxylic acids is 2. The monoisotopic (exact) mass is 526 g/mol. The Hall–Kier alpha value is -3.28. The first kappa shape index (κ1) is 28.3. The van der Waals surface area contributed by atoms with Crippen LogP contribution in [0.5, 0.6) is 11.5 Å². The molecule has 9 nitrogen and oxygen atoms in total. The van der Waals surface area contributed by atoms with E-state index in [1.807, 2.05) is 0 Å². The summed E-state index contributed by atoms with van der Waals surface area (Å²) in [5.41, 5.74) is 0.190. The largest absolute Gasteiger partial charge is 0.573 e. The summed E-state index contributed by atoms with van der Waals surface area (Å²) < 4.78 is 50.9. The van der Waals surface area contributed by atoms with Gasteiger partial charge in [0.05, 0.1) is 6.54 Å². The number of hydrogen-bond donors (Lipinski definition) is 1. The van der Waals surface area contributed by atoms with Crippen molar-refractivity contribution < 1.29 is 36.7 Å². The molecule has 0 aliphatic carbocycles. The van der Waals surface area contributed by atoms with E-state index in [1.54, 1.807) is 4.90 Å². The number of amides is 2. The predicted molar refractivity (Wildman–Crippen MR) is 128 cm³/mol. The molecule has 2 amide bonds. The number of unbranched alkanes of at least 4 members (excludes halogenated alkanes) is 4. The fourth-order valence-electron chi connectivity index (χ4n) is 3.88. The van der Waals surface area contributed by atoms with Gasteiger partial charge >= 0.3 is 6.36 Å². The topological polar surface area (TPSA) is 97.1 Å². The van der Waals surface area contributed by atoms with Crippen molar-refractivity contribution in [2.75, 3.05) is 39.3 Å². The van der Waals surface area contributed by atoms with Crippen LogP contribution in [0.4, 0.5) is 13.2 Å². The van der Waals surface area contributed by atoms with Gasteiger partial charge in [-0.05, 0) is 37.2 Å². The highest BCUT2D eigenvalue weighted by Crippen LogP contribution is 2.24. The van der Waals surface area contributed by atoms with E-state index in [9.17, 15) is 22.8 Å². The molecular weight excluding hydrogens is 493 g/mol. The van der Waals surface area contributed by atoms with E-state index < -0.39 is 18.0 Å². The third-order valence-electron chi connectivity index (χ3n) is 5.87. The summed E-state index contributed by atoms with van der Waals surface area (Å²) in [6, 6.07) is 4.68. The van der Waals surface area contributed by atoms with Crippen LogP contribution < -0.4 is 14.8 Å². The van der Waals surface area contributed by atoms with E-state index in [4.69, 9.17) is 9.15 Å². The minimum atomic E-state index is -4.78. The molecule has 3 rings (SSSR count). The quantitative estimate of drug-likeness (QED) is 0.394. The minimum absolute atomic E-state index is 0.0420. The lowest BCUT2D eigenvalue weighted by molar-refractivity contribution is -0.274. The van der Waals surface area contributed by atoms with Crippen molar-refractivity contribution >= 4 is 11.8 Å². The van der Waals surface area contributed by atoms with Crippen molar-refractivity contribution in [2.45, 2.75) is 51.9 Å². The summed E-state index contributed by atoms with van der Waals surface area (Å²) in [5, 5.41) is 2.56. The molecule has 1 N–H and O–H groups in total. The fourth-order valence-corrected chi connectivity index (χ4v) is 3.88. The maximum absolute atomic E-state index is 12.8. The Kier molecular flexibility index (Phi) is 10.6. The van der Waals surface area contributed by atoms with Crippen LogP contribution in [0.1, 0.15) is 55.4 Å². The molecule has 0 bridgehead atoms. The van der Waals surface area contributed by atoms with Gasteiger partial charge in [0, 0.05) is 26.2 Å². The molecule has 1 aliphatic heterocycles. The Morgan fingerprint density at radius 2 is 1.70 bits per heavy atom. The number of benzene rings is 1. The highest BCUT2D eigenvalue weighted by molar-refractivity contribution is 5.92. The molecule has 0 unspecified atom stereocenters. The fraction of sp³-hybridized carbons (Fsp3) is 0.560. The van der Waals surface area contributed by atoms with E-state index in [0.717, 1.165) is 31.8 Å². The Morgan fingerprint density at radius 3 is 2.38 bits per heavy atom. The van der Waals surface area contributed by atoms with Gasteiger partial charge in [0.1, 0.15) is 17.8 Å². The zero-order valence-electron chi connectivity index (χ0n) is 20.9. The summed E-state index contributed by atoms with van der Waals surface area (Å²) in [4.78, 5) is 33.1. The van der Waals surface area contributed by atoms with Crippen LogP contribution in [0.3, 0.4) is 0 Å². The van der Waals surface area contributed by atoms with E-state index >= 15 is 0 Å². The van der Waals surface area contributed by atoms with Crippen LogP contribution in [0.15, 0.2) is 34.9 Å². The number of aromatic nitrogens is 1. The van der Waals surface area contributed by atoms with E-state index in [0.29, 0.717) is 13.1 Å². The van der Waals surface area contributed by atoms with Crippen molar-refractivity contribution in [3.8, 4) is 11.5 Å². The highest BCUT2D eigenvalue weighted by Gasteiger charge is 2.31. The second-order valence-corrected chi connectivity index (χ2v) is 8.76. The molecule has 2 heterocycles. The first-order chi connectivity index (χ1) is 17.7. The van der Waals surface area contributed by atoms with Crippen molar-refractivity contribution in [3.05, 3.63) is 42.1 Å². The molecule has 0 spiro atoms. The number of hydrogen-bond acceptors (Lipinski definition) is 7. The molecule has 0 radical (unpaired) electrons. The normalized spacial score (nSPS) is 14.4. The molecule has 0 atom stereocenters. The number of nitrogens with zero attached hydrogens (tertiary/aromatic N) is 3. The Labute approximate surface area is 213 Å². The zero-order valence-corrected chi connectivity index (χ0v) is 20.9. The van der Waals surface area contributed by atoms with Crippen LogP contribution in [0.25, 0.3) is 0 Å². The third kappa shape index (κ3) is 9.95. The van der Waals surface area contributed by atoms with Crippen LogP contribution in [0.2, 0.25) is 0 Å². The van der Waals surface area contributed by atoms with Crippen molar-refractivity contribution in [1.29, 1.82) is 0 Å². The SMILES string of the molecule is CCCCCCCN1CCN(C(=O)c2coc(CNC(=O)COc3ccc(OC(F)(F)F)cc3)n2)CC1. The van der Waals surface area contributed by atoms with Gasteiger partial charge in [0.2, 0.25) is 5.89 Å². The molecule has 204 valence electrons. The van der Waals surface area contributed by atoms with Crippen LogP contribution >= 0.6 is 0 Å². The van der Waals surface area contributed by atoms with Gasteiger partial charge in [-0.3, -0.25) is 14.5 Å². The van der Waals surface area contributed by atoms with Gasteiger partial charge in [-0.1, -0.05) is 32.6 Å². The van der Waals surface area contributed by atoms with Gasteiger partial charge in [0.25, 0.3) is 11.8 Å².